The first-order valence-corrected chi connectivity index (χ1v) is 11.8. The molecule has 0 unspecified atom stereocenters. The summed E-state index contributed by atoms with van der Waals surface area (Å²) in [5.41, 5.74) is 2.25. The predicted octanol–water partition coefficient (Wildman–Crippen LogP) is 4.01. The SMILES string of the molecule is CC(=O)N1CCCCCCCN(CCC(C)C)Cc2cc(C(=O)N(C)CC(=O)O)ccc21. The monoisotopic (exact) mass is 445 g/mol. The molecule has 178 valence electrons. The average Bonchev–Trinajstić information content (AvgIpc) is 2.71. The molecular formula is C25H39N3O4. The molecule has 0 atom stereocenters. The van der Waals surface area contributed by atoms with E-state index in [2.05, 4.69) is 18.7 Å². The zero-order valence-corrected chi connectivity index (χ0v) is 20.1. The van der Waals surface area contributed by atoms with Gasteiger partial charge >= 0.3 is 5.97 Å². The fraction of sp³-hybridized carbons (Fsp3) is 0.640. The van der Waals surface area contributed by atoms with E-state index < -0.39 is 5.97 Å². The van der Waals surface area contributed by atoms with Gasteiger partial charge in [-0.1, -0.05) is 33.1 Å². The van der Waals surface area contributed by atoms with Crippen molar-refractivity contribution in [2.45, 2.75) is 65.8 Å². The lowest BCUT2D eigenvalue weighted by atomic mass is 10.0. The van der Waals surface area contributed by atoms with Gasteiger partial charge in [0.1, 0.15) is 6.54 Å². The van der Waals surface area contributed by atoms with Gasteiger partial charge in [-0.3, -0.25) is 19.3 Å². The van der Waals surface area contributed by atoms with Crippen molar-refractivity contribution in [2.24, 2.45) is 5.92 Å². The van der Waals surface area contributed by atoms with Crippen LogP contribution in [0.5, 0.6) is 0 Å². The van der Waals surface area contributed by atoms with Crippen LogP contribution in [-0.2, 0) is 16.1 Å². The van der Waals surface area contributed by atoms with E-state index in [1.165, 1.54) is 24.8 Å². The molecule has 7 nitrogen and oxygen atoms in total. The molecule has 0 saturated carbocycles. The fourth-order valence-electron chi connectivity index (χ4n) is 4.14. The number of likely N-dealkylation sites (N-methyl/N-ethyl adjacent to an activating group) is 1. The normalized spacial score (nSPS) is 16.1. The summed E-state index contributed by atoms with van der Waals surface area (Å²) in [6.07, 6.45) is 6.65. The lowest BCUT2D eigenvalue weighted by molar-refractivity contribution is -0.137. The average molecular weight is 446 g/mol. The number of anilines is 1. The zero-order valence-electron chi connectivity index (χ0n) is 20.1. The lowest BCUT2D eigenvalue weighted by Crippen LogP contribution is -2.34. The molecule has 1 heterocycles. The molecule has 1 N–H and O–H groups in total. The number of carboxylic acids is 1. The number of carbonyl (C=O) groups excluding carboxylic acids is 2. The van der Waals surface area contributed by atoms with Crippen LogP contribution in [0.15, 0.2) is 18.2 Å². The van der Waals surface area contributed by atoms with Gasteiger partial charge in [-0.15, -0.1) is 0 Å². The van der Waals surface area contributed by atoms with Crippen LogP contribution in [0.4, 0.5) is 5.69 Å². The molecule has 1 aromatic carbocycles. The summed E-state index contributed by atoms with van der Waals surface area (Å²) in [6.45, 7) is 8.96. The summed E-state index contributed by atoms with van der Waals surface area (Å²) >= 11 is 0. The number of hydrogen-bond donors (Lipinski definition) is 1. The largest absolute Gasteiger partial charge is 0.480 e. The zero-order chi connectivity index (χ0) is 23.7. The maximum atomic E-state index is 12.8. The lowest BCUT2D eigenvalue weighted by Gasteiger charge is -2.29. The van der Waals surface area contributed by atoms with Gasteiger partial charge in [-0.2, -0.15) is 0 Å². The minimum atomic E-state index is -1.05. The third-order valence-corrected chi connectivity index (χ3v) is 5.99. The molecule has 0 saturated heterocycles. The number of fused-ring (bicyclic) bond motifs is 1. The maximum Gasteiger partial charge on any atom is 0.323 e. The highest BCUT2D eigenvalue weighted by Gasteiger charge is 2.21. The van der Waals surface area contributed by atoms with Gasteiger partial charge in [0.15, 0.2) is 0 Å². The minimum Gasteiger partial charge on any atom is -0.480 e. The minimum absolute atomic E-state index is 0.000823. The number of benzene rings is 1. The van der Waals surface area contributed by atoms with Crippen LogP contribution in [0.25, 0.3) is 0 Å². The Balaban J connectivity index is 2.43. The number of aliphatic carboxylic acids is 1. The quantitative estimate of drug-likeness (QED) is 0.716. The predicted molar refractivity (Wildman–Crippen MR) is 127 cm³/mol. The maximum absolute atomic E-state index is 12.8. The molecule has 1 aliphatic heterocycles. The van der Waals surface area contributed by atoms with Crippen LogP contribution in [0.3, 0.4) is 0 Å². The van der Waals surface area contributed by atoms with Crippen LogP contribution in [0.1, 0.15) is 75.2 Å². The van der Waals surface area contributed by atoms with Crippen LogP contribution >= 0.6 is 0 Å². The van der Waals surface area contributed by atoms with Gasteiger partial charge in [0, 0.05) is 38.3 Å². The van der Waals surface area contributed by atoms with E-state index in [1.54, 1.807) is 13.0 Å². The van der Waals surface area contributed by atoms with E-state index in [0.29, 0.717) is 24.6 Å². The fourth-order valence-corrected chi connectivity index (χ4v) is 4.14. The van der Waals surface area contributed by atoms with Gasteiger partial charge in [-0.25, -0.2) is 0 Å². The molecule has 32 heavy (non-hydrogen) atoms. The Morgan fingerprint density at radius 1 is 1.06 bits per heavy atom. The Morgan fingerprint density at radius 3 is 2.34 bits per heavy atom. The number of carbonyl (C=O) groups is 3. The molecule has 1 aliphatic rings. The van der Waals surface area contributed by atoms with Crippen molar-refractivity contribution in [3.63, 3.8) is 0 Å². The Hall–Kier alpha value is -2.41. The van der Waals surface area contributed by atoms with E-state index in [1.807, 2.05) is 17.0 Å². The smallest absolute Gasteiger partial charge is 0.323 e. The number of carboxylic acid groups (broad SMARTS) is 1. The Morgan fingerprint density at radius 2 is 1.72 bits per heavy atom. The molecule has 0 fully saturated rings. The van der Waals surface area contributed by atoms with Crippen LogP contribution in [-0.4, -0.2) is 65.9 Å². The Kier molecular flexibility index (Phi) is 10.2. The van der Waals surface area contributed by atoms with Crippen molar-refractivity contribution < 1.29 is 19.5 Å². The first-order chi connectivity index (χ1) is 15.2. The van der Waals surface area contributed by atoms with E-state index in [0.717, 1.165) is 50.0 Å². The number of rotatable bonds is 6. The van der Waals surface area contributed by atoms with Gasteiger partial charge < -0.3 is 14.9 Å². The molecular weight excluding hydrogens is 406 g/mol. The Bertz CT molecular complexity index is 793. The van der Waals surface area contributed by atoms with E-state index >= 15 is 0 Å². The molecule has 0 aliphatic carbocycles. The number of amides is 2. The van der Waals surface area contributed by atoms with E-state index in [-0.39, 0.29) is 18.4 Å². The molecule has 0 radical (unpaired) electrons. The second kappa shape index (κ2) is 12.6. The van der Waals surface area contributed by atoms with Gasteiger partial charge in [0.2, 0.25) is 5.91 Å². The molecule has 0 aromatic heterocycles. The van der Waals surface area contributed by atoms with Crippen molar-refractivity contribution >= 4 is 23.5 Å². The highest BCUT2D eigenvalue weighted by molar-refractivity contribution is 5.98. The number of hydrogen-bond acceptors (Lipinski definition) is 4. The summed E-state index contributed by atoms with van der Waals surface area (Å²) in [6, 6.07) is 5.41. The second-order valence-corrected chi connectivity index (χ2v) is 9.30. The van der Waals surface area contributed by atoms with E-state index in [4.69, 9.17) is 5.11 Å². The first-order valence-electron chi connectivity index (χ1n) is 11.8. The standard InChI is InChI=1S/C25H39N3O4/c1-19(2)12-15-27-13-8-6-5-7-9-14-28(20(3)29)23-11-10-21(16-22(23)17-27)25(32)26(4)18-24(30)31/h10-11,16,19H,5-9,12-15,17-18H2,1-4H3,(H,30,31). The molecule has 7 heteroatoms. The molecule has 2 amide bonds. The molecule has 2 rings (SSSR count). The van der Waals surface area contributed by atoms with Crippen LogP contribution < -0.4 is 4.90 Å². The summed E-state index contributed by atoms with van der Waals surface area (Å²) in [5.74, 6) is -0.777. The third kappa shape index (κ3) is 7.93. The van der Waals surface area contributed by atoms with Crippen molar-refractivity contribution in [3.05, 3.63) is 29.3 Å². The van der Waals surface area contributed by atoms with Crippen molar-refractivity contribution in [1.82, 2.24) is 9.80 Å². The van der Waals surface area contributed by atoms with Crippen molar-refractivity contribution in [2.75, 3.05) is 38.1 Å². The first kappa shape index (κ1) is 25.8. The summed E-state index contributed by atoms with van der Waals surface area (Å²) in [7, 11) is 1.49. The van der Waals surface area contributed by atoms with Crippen molar-refractivity contribution in [3.8, 4) is 0 Å². The van der Waals surface area contributed by atoms with E-state index in [9.17, 15) is 14.4 Å². The highest BCUT2D eigenvalue weighted by Crippen LogP contribution is 2.27. The summed E-state index contributed by atoms with van der Waals surface area (Å²) < 4.78 is 0. The van der Waals surface area contributed by atoms with Gasteiger partial charge in [0.05, 0.1) is 0 Å². The van der Waals surface area contributed by atoms with Gasteiger partial charge in [-0.05, 0) is 62.0 Å². The van der Waals surface area contributed by atoms with Gasteiger partial charge in [0.25, 0.3) is 5.91 Å². The van der Waals surface area contributed by atoms with Crippen LogP contribution in [0.2, 0.25) is 0 Å². The molecule has 0 spiro atoms. The topological polar surface area (TPSA) is 81.2 Å². The second-order valence-electron chi connectivity index (χ2n) is 9.30. The van der Waals surface area contributed by atoms with Crippen molar-refractivity contribution in [1.29, 1.82) is 0 Å². The Labute approximate surface area is 192 Å². The highest BCUT2D eigenvalue weighted by atomic mass is 16.4. The summed E-state index contributed by atoms with van der Waals surface area (Å²) in [4.78, 5) is 41.8. The molecule has 0 bridgehead atoms. The molecule has 1 aromatic rings. The number of nitrogens with zero attached hydrogens (tertiary/aromatic N) is 3. The third-order valence-electron chi connectivity index (χ3n) is 5.99. The van der Waals surface area contributed by atoms with Crippen LogP contribution in [0, 0.1) is 5.92 Å². The summed E-state index contributed by atoms with van der Waals surface area (Å²) in [5, 5.41) is 9.04.